The number of fused-ring (bicyclic) bond motifs is 1. The van der Waals surface area contributed by atoms with E-state index in [1.807, 2.05) is 12.1 Å². The molecule has 1 saturated heterocycles. The van der Waals surface area contributed by atoms with Crippen molar-refractivity contribution >= 4 is 22.4 Å². The fourth-order valence-electron chi connectivity index (χ4n) is 3.17. The Labute approximate surface area is 137 Å². The predicted octanol–water partition coefficient (Wildman–Crippen LogP) is 3.22. The van der Waals surface area contributed by atoms with Crippen LogP contribution in [-0.4, -0.2) is 29.4 Å². The van der Waals surface area contributed by atoms with E-state index in [0.717, 1.165) is 46.5 Å². The smallest absolute Gasteiger partial charge is 0.355 e. The van der Waals surface area contributed by atoms with Gasteiger partial charge in [-0.3, -0.25) is 0 Å². The minimum absolute atomic E-state index is 0.154. The topological polar surface area (TPSA) is 71.9 Å². The van der Waals surface area contributed by atoms with E-state index >= 15 is 0 Å². The summed E-state index contributed by atoms with van der Waals surface area (Å²) < 4.78 is 10.8. The summed E-state index contributed by atoms with van der Waals surface area (Å²) >= 11 is 1.44. The highest BCUT2D eigenvalue weighted by atomic mass is 32.1. The van der Waals surface area contributed by atoms with Gasteiger partial charge in [0.05, 0.1) is 6.04 Å². The Bertz CT molecular complexity index is 773. The van der Waals surface area contributed by atoms with Gasteiger partial charge in [-0.1, -0.05) is 6.07 Å². The number of thiazole rings is 1. The van der Waals surface area contributed by atoms with Crippen molar-refractivity contribution in [3.8, 4) is 11.5 Å². The number of rotatable bonds is 3. The van der Waals surface area contributed by atoms with E-state index in [9.17, 15) is 9.90 Å². The molecule has 0 aliphatic carbocycles. The minimum atomic E-state index is -0.969. The second-order valence-corrected chi connectivity index (χ2v) is 6.85. The number of hydrogen-bond donors (Lipinski definition) is 1. The molecule has 2 aromatic rings. The maximum atomic E-state index is 11.2. The van der Waals surface area contributed by atoms with Crippen LogP contribution in [0.4, 0.5) is 5.13 Å². The van der Waals surface area contributed by atoms with Crippen LogP contribution in [0, 0.1) is 6.92 Å². The van der Waals surface area contributed by atoms with Gasteiger partial charge in [-0.25, -0.2) is 9.78 Å². The van der Waals surface area contributed by atoms with E-state index in [0.29, 0.717) is 0 Å². The normalized spacial score (nSPS) is 19.3. The Kier molecular flexibility index (Phi) is 3.37. The molecule has 1 fully saturated rings. The maximum absolute atomic E-state index is 11.2. The van der Waals surface area contributed by atoms with E-state index in [4.69, 9.17) is 9.47 Å². The van der Waals surface area contributed by atoms with Gasteiger partial charge in [-0.05, 0) is 37.5 Å². The standard InChI is InChI=1S/C16H16N2O4S/c1-9-14(15(19)20)17-16(23-9)18-6-2-3-11(18)10-4-5-12-13(7-10)22-8-21-12/h4-5,7,11H,2-3,6,8H2,1H3,(H,19,20). The molecule has 120 valence electrons. The summed E-state index contributed by atoms with van der Waals surface area (Å²) in [4.78, 5) is 18.5. The number of aromatic nitrogens is 1. The number of ether oxygens (including phenoxy) is 2. The molecule has 0 amide bonds. The van der Waals surface area contributed by atoms with Gasteiger partial charge in [0.1, 0.15) is 0 Å². The third kappa shape index (κ3) is 2.41. The molecule has 23 heavy (non-hydrogen) atoms. The van der Waals surface area contributed by atoms with Gasteiger partial charge in [0, 0.05) is 11.4 Å². The Hall–Kier alpha value is -2.28. The summed E-state index contributed by atoms with van der Waals surface area (Å²) in [5.41, 5.74) is 1.30. The zero-order valence-corrected chi connectivity index (χ0v) is 13.4. The summed E-state index contributed by atoms with van der Waals surface area (Å²) in [6.07, 6.45) is 2.07. The first kappa shape index (κ1) is 14.3. The number of anilines is 1. The Morgan fingerprint density at radius 3 is 3.00 bits per heavy atom. The summed E-state index contributed by atoms with van der Waals surface area (Å²) in [5.74, 6) is 0.580. The number of aryl methyl sites for hydroxylation is 1. The first-order valence-corrected chi connectivity index (χ1v) is 8.32. The molecule has 2 aliphatic rings. The van der Waals surface area contributed by atoms with Gasteiger partial charge in [0.2, 0.25) is 6.79 Å². The van der Waals surface area contributed by atoms with Crippen molar-refractivity contribution in [1.82, 2.24) is 4.98 Å². The third-order valence-electron chi connectivity index (χ3n) is 4.27. The lowest BCUT2D eigenvalue weighted by molar-refractivity contribution is 0.0690. The molecule has 0 radical (unpaired) electrons. The number of carboxylic acid groups (broad SMARTS) is 1. The summed E-state index contributed by atoms with van der Waals surface area (Å²) in [6.45, 7) is 2.95. The van der Waals surface area contributed by atoms with E-state index in [1.165, 1.54) is 11.3 Å². The molecule has 1 atom stereocenters. The first-order chi connectivity index (χ1) is 11.1. The van der Waals surface area contributed by atoms with Gasteiger partial charge in [-0.2, -0.15) is 0 Å². The van der Waals surface area contributed by atoms with E-state index in [2.05, 4.69) is 16.0 Å². The molecule has 3 heterocycles. The highest BCUT2D eigenvalue weighted by Crippen LogP contribution is 2.42. The molecular weight excluding hydrogens is 316 g/mol. The second-order valence-electron chi connectivity index (χ2n) is 5.67. The van der Waals surface area contributed by atoms with Gasteiger partial charge in [-0.15, -0.1) is 11.3 Å². The lowest BCUT2D eigenvalue weighted by Crippen LogP contribution is -2.22. The van der Waals surface area contributed by atoms with Crippen LogP contribution in [0.25, 0.3) is 0 Å². The Balaban J connectivity index is 1.66. The van der Waals surface area contributed by atoms with Crippen molar-refractivity contribution < 1.29 is 19.4 Å². The maximum Gasteiger partial charge on any atom is 0.355 e. The van der Waals surface area contributed by atoms with Crippen LogP contribution >= 0.6 is 11.3 Å². The lowest BCUT2D eigenvalue weighted by Gasteiger charge is -2.24. The quantitative estimate of drug-likeness (QED) is 0.930. The highest BCUT2D eigenvalue weighted by Gasteiger charge is 2.30. The zero-order valence-electron chi connectivity index (χ0n) is 12.6. The molecule has 1 aromatic carbocycles. The predicted molar refractivity (Wildman–Crippen MR) is 85.7 cm³/mol. The molecule has 0 spiro atoms. The van der Waals surface area contributed by atoms with Gasteiger partial charge >= 0.3 is 5.97 Å². The number of carboxylic acids is 1. The van der Waals surface area contributed by atoms with Crippen LogP contribution in [0.2, 0.25) is 0 Å². The van der Waals surface area contributed by atoms with Crippen LogP contribution in [0.1, 0.15) is 39.8 Å². The zero-order chi connectivity index (χ0) is 16.0. The molecule has 2 aliphatic heterocycles. The van der Waals surface area contributed by atoms with Crippen LogP contribution in [0.3, 0.4) is 0 Å². The van der Waals surface area contributed by atoms with Crippen molar-refractivity contribution in [2.24, 2.45) is 0 Å². The molecule has 1 N–H and O–H groups in total. The number of hydrogen-bond acceptors (Lipinski definition) is 6. The van der Waals surface area contributed by atoms with E-state index in [1.54, 1.807) is 6.92 Å². The summed E-state index contributed by atoms with van der Waals surface area (Å²) in [7, 11) is 0. The fourth-order valence-corrected chi connectivity index (χ4v) is 4.14. The van der Waals surface area contributed by atoms with Gasteiger partial charge in [0.15, 0.2) is 22.3 Å². The second kappa shape index (κ2) is 5.42. The molecular formula is C16H16N2O4S. The largest absolute Gasteiger partial charge is 0.476 e. The summed E-state index contributed by atoms with van der Waals surface area (Å²) in [6, 6.07) is 6.19. The third-order valence-corrected chi connectivity index (χ3v) is 5.28. The average Bonchev–Trinajstić information content (AvgIpc) is 3.24. The average molecular weight is 332 g/mol. The van der Waals surface area contributed by atoms with Crippen molar-refractivity contribution in [2.45, 2.75) is 25.8 Å². The Morgan fingerprint density at radius 1 is 1.39 bits per heavy atom. The minimum Gasteiger partial charge on any atom is -0.476 e. The molecule has 1 unspecified atom stereocenters. The number of benzene rings is 1. The molecule has 4 rings (SSSR count). The number of nitrogens with zero attached hydrogens (tertiary/aromatic N) is 2. The Morgan fingerprint density at radius 2 is 2.22 bits per heavy atom. The number of aromatic carboxylic acids is 1. The van der Waals surface area contributed by atoms with Crippen molar-refractivity contribution in [2.75, 3.05) is 18.2 Å². The van der Waals surface area contributed by atoms with Crippen molar-refractivity contribution in [1.29, 1.82) is 0 Å². The van der Waals surface area contributed by atoms with E-state index < -0.39 is 5.97 Å². The van der Waals surface area contributed by atoms with Gasteiger partial charge < -0.3 is 19.5 Å². The van der Waals surface area contributed by atoms with Crippen molar-refractivity contribution in [3.05, 3.63) is 34.3 Å². The first-order valence-electron chi connectivity index (χ1n) is 7.50. The van der Waals surface area contributed by atoms with Crippen LogP contribution in [0.15, 0.2) is 18.2 Å². The molecule has 1 aromatic heterocycles. The van der Waals surface area contributed by atoms with E-state index in [-0.39, 0.29) is 18.5 Å². The molecule has 7 heteroatoms. The molecule has 6 nitrogen and oxygen atoms in total. The van der Waals surface area contributed by atoms with Crippen molar-refractivity contribution in [3.63, 3.8) is 0 Å². The summed E-state index contributed by atoms with van der Waals surface area (Å²) in [5, 5.41) is 9.98. The number of carbonyl (C=O) groups is 1. The van der Waals surface area contributed by atoms with Crippen LogP contribution < -0.4 is 14.4 Å². The van der Waals surface area contributed by atoms with Gasteiger partial charge in [0.25, 0.3) is 0 Å². The lowest BCUT2D eigenvalue weighted by atomic mass is 10.0. The van der Waals surface area contributed by atoms with Crippen LogP contribution in [-0.2, 0) is 0 Å². The monoisotopic (exact) mass is 332 g/mol. The fraction of sp³-hybridized carbons (Fsp3) is 0.375. The SMILES string of the molecule is Cc1sc(N2CCCC2c2ccc3c(c2)OCO3)nc1C(=O)O. The highest BCUT2D eigenvalue weighted by molar-refractivity contribution is 7.15. The molecule has 0 saturated carbocycles. The van der Waals surface area contributed by atoms with Crippen LogP contribution in [0.5, 0.6) is 11.5 Å². The molecule has 0 bridgehead atoms.